The lowest BCUT2D eigenvalue weighted by Gasteiger charge is -2.34. The van der Waals surface area contributed by atoms with E-state index in [1.165, 1.54) is 16.7 Å². The van der Waals surface area contributed by atoms with Gasteiger partial charge in [0.15, 0.2) is 5.79 Å². The molecule has 3 aliphatic rings. The fraction of sp³-hybridized carbons (Fsp3) is 0.556. The van der Waals surface area contributed by atoms with Gasteiger partial charge in [-0.1, -0.05) is 37.3 Å². The average molecular weight is 286 g/mol. The van der Waals surface area contributed by atoms with Gasteiger partial charge in [-0.3, -0.25) is 0 Å². The van der Waals surface area contributed by atoms with Crippen molar-refractivity contribution >= 4 is 5.57 Å². The second-order valence-electron chi connectivity index (χ2n) is 6.84. The van der Waals surface area contributed by atoms with Crippen LogP contribution in [0.2, 0.25) is 0 Å². The second-order valence-corrected chi connectivity index (χ2v) is 6.84. The molecular weight excluding hydrogens is 264 g/mol. The van der Waals surface area contributed by atoms with E-state index in [4.69, 9.17) is 14.2 Å². The highest BCUT2D eigenvalue weighted by atomic mass is 16.8. The third kappa shape index (κ3) is 1.91. The molecule has 2 fully saturated rings. The van der Waals surface area contributed by atoms with Gasteiger partial charge >= 0.3 is 0 Å². The van der Waals surface area contributed by atoms with Crippen LogP contribution in [0.15, 0.2) is 35.9 Å². The Balaban J connectivity index is 1.77. The van der Waals surface area contributed by atoms with Crippen molar-refractivity contribution in [2.45, 2.75) is 57.9 Å². The molecule has 112 valence electrons. The molecule has 0 aliphatic carbocycles. The van der Waals surface area contributed by atoms with Crippen LogP contribution in [0.1, 0.15) is 33.3 Å². The monoisotopic (exact) mass is 286 g/mol. The van der Waals surface area contributed by atoms with Crippen molar-refractivity contribution in [3.8, 4) is 0 Å². The first-order valence-corrected chi connectivity index (χ1v) is 7.75. The Kier molecular flexibility index (Phi) is 2.84. The Morgan fingerprint density at radius 1 is 0.952 bits per heavy atom. The first-order chi connectivity index (χ1) is 9.98. The lowest BCUT2D eigenvalue weighted by molar-refractivity contribution is -0.187. The van der Waals surface area contributed by atoms with E-state index in [0.717, 1.165) is 0 Å². The fourth-order valence-electron chi connectivity index (χ4n) is 4.17. The molecule has 3 heteroatoms. The van der Waals surface area contributed by atoms with E-state index < -0.39 is 5.79 Å². The fourth-order valence-corrected chi connectivity index (χ4v) is 4.17. The predicted octanol–water partition coefficient (Wildman–Crippen LogP) is 3.40. The number of hydrogen-bond acceptors (Lipinski definition) is 3. The van der Waals surface area contributed by atoms with Gasteiger partial charge in [-0.25, -0.2) is 0 Å². The van der Waals surface area contributed by atoms with Gasteiger partial charge in [0, 0.05) is 5.92 Å². The summed E-state index contributed by atoms with van der Waals surface area (Å²) in [6, 6.07) is 10.6. The molecule has 3 heterocycles. The van der Waals surface area contributed by atoms with Crippen LogP contribution in [0, 0.1) is 5.92 Å². The molecule has 0 unspecified atom stereocenters. The van der Waals surface area contributed by atoms with Crippen LogP contribution in [0.3, 0.4) is 0 Å². The van der Waals surface area contributed by atoms with Crippen LogP contribution in [0.5, 0.6) is 0 Å². The van der Waals surface area contributed by atoms with E-state index in [0.29, 0.717) is 5.92 Å². The van der Waals surface area contributed by atoms with Gasteiger partial charge in [0.05, 0.1) is 6.10 Å². The summed E-state index contributed by atoms with van der Waals surface area (Å²) in [4.78, 5) is 0. The van der Waals surface area contributed by atoms with Crippen molar-refractivity contribution in [2.24, 2.45) is 5.92 Å². The first-order valence-electron chi connectivity index (χ1n) is 7.75. The quantitative estimate of drug-likeness (QED) is 0.792. The minimum Gasteiger partial charge on any atom is -0.364 e. The Labute approximate surface area is 125 Å². The highest BCUT2D eigenvalue weighted by Gasteiger charge is 2.59. The molecule has 3 nitrogen and oxygen atoms in total. The molecule has 0 N–H and O–H groups in total. The SMILES string of the molecule is CC1=C(c2ccccc2)[C@@H](C)[C@@H]2O[C@H]1[C@H]1OC(C)(C)O[C@@H]21. The molecule has 5 atom stereocenters. The van der Waals surface area contributed by atoms with E-state index in [1.54, 1.807) is 0 Å². The van der Waals surface area contributed by atoms with Gasteiger partial charge in [0.25, 0.3) is 0 Å². The zero-order chi connectivity index (χ0) is 14.8. The summed E-state index contributed by atoms with van der Waals surface area (Å²) in [5.41, 5.74) is 3.98. The third-order valence-corrected chi connectivity index (χ3v) is 4.97. The number of ether oxygens (including phenoxy) is 3. The van der Waals surface area contributed by atoms with Crippen molar-refractivity contribution < 1.29 is 14.2 Å². The van der Waals surface area contributed by atoms with Crippen molar-refractivity contribution in [1.29, 1.82) is 0 Å². The van der Waals surface area contributed by atoms with Crippen LogP contribution >= 0.6 is 0 Å². The number of rotatable bonds is 1. The molecule has 4 rings (SSSR count). The molecule has 0 saturated carbocycles. The molecule has 0 amide bonds. The van der Waals surface area contributed by atoms with Crippen molar-refractivity contribution in [3.05, 3.63) is 41.5 Å². The lowest BCUT2D eigenvalue weighted by atomic mass is 9.85. The molecule has 0 aromatic heterocycles. The molecule has 2 saturated heterocycles. The Hall–Kier alpha value is -1.16. The predicted molar refractivity (Wildman–Crippen MR) is 80.7 cm³/mol. The molecule has 0 radical (unpaired) electrons. The summed E-state index contributed by atoms with van der Waals surface area (Å²) in [6.45, 7) is 8.40. The Morgan fingerprint density at radius 2 is 1.62 bits per heavy atom. The minimum atomic E-state index is -0.500. The highest BCUT2D eigenvalue weighted by molar-refractivity contribution is 5.72. The minimum absolute atomic E-state index is 0.0215. The molecule has 0 spiro atoms. The Morgan fingerprint density at radius 3 is 2.33 bits per heavy atom. The Bertz CT molecular complexity index is 590. The van der Waals surface area contributed by atoms with E-state index >= 15 is 0 Å². The largest absolute Gasteiger partial charge is 0.364 e. The molecule has 21 heavy (non-hydrogen) atoms. The number of fused-ring (bicyclic) bond motifs is 5. The molecule has 3 aliphatic heterocycles. The van der Waals surface area contributed by atoms with Gasteiger partial charge in [-0.2, -0.15) is 0 Å². The van der Waals surface area contributed by atoms with Crippen molar-refractivity contribution in [1.82, 2.24) is 0 Å². The van der Waals surface area contributed by atoms with Crippen molar-refractivity contribution in [3.63, 3.8) is 0 Å². The van der Waals surface area contributed by atoms with Crippen LogP contribution in [0.25, 0.3) is 5.57 Å². The summed E-state index contributed by atoms with van der Waals surface area (Å²) in [6.07, 6.45) is 0.165. The van der Waals surface area contributed by atoms with Crippen LogP contribution in [-0.4, -0.2) is 30.2 Å². The first kappa shape index (κ1) is 13.5. The molecule has 1 aromatic rings. The lowest BCUT2D eigenvalue weighted by Crippen LogP contribution is -2.36. The third-order valence-electron chi connectivity index (χ3n) is 4.97. The highest BCUT2D eigenvalue weighted by Crippen LogP contribution is 2.50. The van der Waals surface area contributed by atoms with Gasteiger partial charge in [0.1, 0.15) is 18.3 Å². The topological polar surface area (TPSA) is 27.7 Å². The number of hydrogen-bond donors (Lipinski definition) is 0. The maximum absolute atomic E-state index is 6.23. The maximum atomic E-state index is 6.23. The second kappa shape index (κ2) is 4.42. The normalized spacial score (nSPS) is 40.5. The summed E-state index contributed by atoms with van der Waals surface area (Å²) in [5.74, 6) is -0.184. The van der Waals surface area contributed by atoms with E-state index in [-0.39, 0.29) is 24.4 Å². The molecule has 2 bridgehead atoms. The molecular formula is C18H22O3. The summed E-state index contributed by atoms with van der Waals surface area (Å²) >= 11 is 0. The summed E-state index contributed by atoms with van der Waals surface area (Å²) < 4.78 is 18.4. The summed E-state index contributed by atoms with van der Waals surface area (Å²) in [5, 5.41) is 0. The van der Waals surface area contributed by atoms with Gasteiger partial charge in [0.2, 0.25) is 0 Å². The standard InChI is InChI=1S/C18H22O3/c1-10-13(12-8-6-5-7-9-12)11(2)15-17-16(14(10)19-15)20-18(3,4)21-17/h5-10,14-17H,1-4H3/t10-,14+,15-,16+,17-/m1/s1. The molecule has 1 aromatic carbocycles. The summed E-state index contributed by atoms with van der Waals surface area (Å²) in [7, 11) is 0. The zero-order valence-electron chi connectivity index (χ0n) is 13.0. The van der Waals surface area contributed by atoms with Crippen LogP contribution in [0.4, 0.5) is 0 Å². The smallest absolute Gasteiger partial charge is 0.164 e. The maximum Gasteiger partial charge on any atom is 0.164 e. The van der Waals surface area contributed by atoms with Gasteiger partial charge in [-0.15, -0.1) is 0 Å². The van der Waals surface area contributed by atoms with Gasteiger partial charge < -0.3 is 14.2 Å². The van der Waals surface area contributed by atoms with Crippen LogP contribution < -0.4 is 0 Å². The van der Waals surface area contributed by atoms with E-state index in [2.05, 4.69) is 44.2 Å². The average Bonchev–Trinajstić information content (AvgIpc) is 2.90. The van der Waals surface area contributed by atoms with Crippen LogP contribution in [-0.2, 0) is 14.2 Å². The van der Waals surface area contributed by atoms with E-state index in [9.17, 15) is 0 Å². The van der Waals surface area contributed by atoms with E-state index in [1.807, 2.05) is 13.8 Å². The zero-order valence-corrected chi connectivity index (χ0v) is 13.0. The number of benzene rings is 1. The van der Waals surface area contributed by atoms with Gasteiger partial charge in [-0.05, 0) is 37.5 Å². The van der Waals surface area contributed by atoms with Crippen molar-refractivity contribution in [2.75, 3.05) is 0 Å².